The van der Waals surface area contributed by atoms with E-state index in [-0.39, 0.29) is 11.3 Å². The molecular formula is C15H22N2O. The van der Waals surface area contributed by atoms with Gasteiger partial charge >= 0.3 is 0 Å². The Bertz CT molecular complexity index is 460. The Labute approximate surface area is 109 Å². The highest BCUT2D eigenvalue weighted by Crippen LogP contribution is 2.31. The van der Waals surface area contributed by atoms with Gasteiger partial charge in [-0.3, -0.25) is 4.79 Å². The summed E-state index contributed by atoms with van der Waals surface area (Å²) in [5.74, 6) is 0.233. The summed E-state index contributed by atoms with van der Waals surface area (Å²) in [6.45, 7) is 7.39. The lowest BCUT2D eigenvalue weighted by Crippen LogP contribution is -2.37. The van der Waals surface area contributed by atoms with E-state index in [2.05, 4.69) is 20.8 Å². The maximum absolute atomic E-state index is 12.1. The summed E-state index contributed by atoms with van der Waals surface area (Å²) in [5.41, 5.74) is 9.06. The molecule has 98 valence electrons. The van der Waals surface area contributed by atoms with Gasteiger partial charge in [0.15, 0.2) is 0 Å². The third-order valence-electron chi connectivity index (χ3n) is 3.39. The molecule has 0 radical (unpaired) electrons. The van der Waals surface area contributed by atoms with Gasteiger partial charge in [0.05, 0.1) is 0 Å². The van der Waals surface area contributed by atoms with E-state index >= 15 is 0 Å². The van der Waals surface area contributed by atoms with Crippen molar-refractivity contribution in [3.05, 3.63) is 23.8 Å². The number of nitrogens with zero attached hydrogens (tertiary/aromatic N) is 1. The number of rotatable bonds is 2. The Morgan fingerprint density at radius 3 is 2.67 bits per heavy atom. The smallest absolute Gasteiger partial charge is 0.227 e. The third kappa shape index (κ3) is 2.84. The van der Waals surface area contributed by atoms with Crippen LogP contribution in [0.25, 0.3) is 0 Å². The van der Waals surface area contributed by atoms with Crippen molar-refractivity contribution in [3.63, 3.8) is 0 Å². The van der Waals surface area contributed by atoms with E-state index in [1.54, 1.807) is 0 Å². The predicted octanol–water partition coefficient (Wildman–Crippen LogP) is 2.98. The van der Waals surface area contributed by atoms with Crippen molar-refractivity contribution in [2.75, 3.05) is 17.2 Å². The summed E-state index contributed by atoms with van der Waals surface area (Å²) in [7, 11) is 0. The van der Waals surface area contributed by atoms with Crippen LogP contribution in [0.15, 0.2) is 18.2 Å². The highest BCUT2D eigenvalue weighted by atomic mass is 16.2. The lowest BCUT2D eigenvalue weighted by molar-refractivity contribution is -0.118. The number of carbonyl (C=O) groups is 1. The van der Waals surface area contributed by atoms with Crippen LogP contribution in [0.5, 0.6) is 0 Å². The summed E-state index contributed by atoms with van der Waals surface area (Å²) in [6.07, 6.45) is 2.41. The van der Waals surface area contributed by atoms with Crippen LogP contribution in [0, 0.1) is 5.41 Å². The molecule has 3 nitrogen and oxygen atoms in total. The number of fused-ring (bicyclic) bond motifs is 1. The van der Waals surface area contributed by atoms with Gasteiger partial charge in [-0.2, -0.15) is 0 Å². The Hall–Kier alpha value is -1.51. The molecule has 1 heterocycles. The molecule has 0 fully saturated rings. The first-order valence-corrected chi connectivity index (χ1v) is 6.55. The van der Waals surface area contributed by atoms with Crippen LogP contribution < -0.4 is 10.6 Å². The summed E-state index contributed by atoms with van der Waals surface area (Å²) >= 11 is 0. The molecule has 0 bridgehead atoms. The zero-order valence-electron chi connectivity index (χ0n) is 11.5. The summed E-state index contributed by atoms with van der Waals surface area (Å²) in [4.78, 5) is 14.0. The molecule has 0 saturated heterocycles. The molecule has 0 unspecified atom stereocenters. The van der Waals surface area contributed by atoms with E-state index in [0.717, 1.165) is 30.8 Å². The number of nitrogen functional groups attached to an aromatic ring is 1. The molecule has 1 aromatic carbocycles. The molecule has 0 saturated carbocycles. The molecule has 0 aromatic heterocycles. The van der Waals surface area contributed by atoms with Crippen LogP contribution >= 0.6 is 0 Å². The SMILES string of the molecule is CC(C)(C)CCN1C(=O)CCc2cc(N)ccc21. The van der Waals surface area contributed by atoms with Crippen LogP contribution in [0.3, 0.4) is 0 Å². The number of benzene rings is 1. The second-order valence-corrected chi connectivity index (χ2v) is 6.24. The Kier molecular flexibility index (Phi) is 3.33. The summed E-state index contributed by atoms with van der Waals surface area (Å²) in [6, 6.07) is 5.85. The molecule has 1 aliphatic heterocycles. The third-order valence-corrected chi connectivity index (χ3v) is 3.39. The van der Waals surface area contributed by atoms with Gasteiger partial charge in [-0.1, -0.05) is 20.8 Å². The number of aryl methyl sites for hydroxylation is 1. The second-order valence-electron chi connectivity index (χ2n) is 6.24. The molecule has 1 aromatic rings. The number of amides is 1. The highest BCUT2D eigenvalue weighted by molar-refractivity contribution is 5.96. The van der Waals surface area contributed by atoms with Gasteiger partial charge in [-0.15, -0.1) is 0 Å². The van der Waals surface area contributed by atoms with Crippen molar-refractivity contribution < 1.29 is 4.79 Å². The summed E-state index contributed by atoms with van der Waals surface area (Å²) in [5, 5.41) is 0. The molecule has 1 aliphatic rings. The normalized spacial score (nSPS) is 15.7. The molecule has 2 rings (SSSR count). The van der Waals surface area contributed by atoms with Gasteiger partial charge in [0.25, 0.3) is 0 Å². The van der Waals surface area contributed by atoms with Gasteiger partial charge in [0.2, 0.25) is 5.91 Å². The minimum Gasteiger partial charge on any atom is -0.399 e. The number of hydrogen-bond donors (Lipinski definition) is 1. The van der Waals surface area contributed by atoms with Gasteiger partial charge < -0.3 is 10.6 Å². The first kappa shape index (κ1) is 12.9. The minimum absolute atomic E-state index is 0.233. The van der Waals surface area contributed by atoms with Crippen LogP contribution in [0.4, 0.5) is 11.4 Å². The first-order chi connectivity index (χ1) is 8.37. The Balaban J connectivity index is 2.23. The molecule has 1 amide bonds. The van der Waals surface area contributed by atoms with E-state index in [4.69, 9.17) is 5.73 Å². The monoisotopic (exact) mass is 246 g/mol. The van der Waals surface area contributed by atoms with Crippen LogP contribution in [-0.4, -0.2) is 12.5 Å². The number of nitrogens with two attached hydrogens (primary N) is 1. The largest absolute Gasteiger partial charge is 0.399 e. The van der Waals surface area contributed by atoms with Crippen molar-refractivity contribution in [1.29, 1.82) is 0 Å². The highest BCUT2D eigenvalue weighted by Gasteiger charge is 2.25. The molecule has 0 atom stereocenters. The predicted molar refractivity (Wildman–Crippen MR) is 75.6 cm³/mol. The molecule has 18 heavy (non-hydrogen) atoms. The Morgan fingerprint density at radius 1 is 1.28 bits per heavy atom. The van der Waals surface area contributed by atoms with Crippen molar-refractivity contribution in [1.82, 2.24) is 0 Å². The topological polar surface area (TPSA) is 46.3 Å². The van der Waals surface area contributed by atoms with Gasteiger partial charge in [-0.05, 0) is 42.0 Å². The zero-order chi connectivity index (χ0) is 13.3. The fourth-order valence-electron chi connectivity index (χ4n) is 2.27. The van der Waals surface area contributed by atoms with Crippen molar-refractivity contribution in [2.24, 2.45) is 5.41 Å². The summed E-state index contributed by atoms with van der Waals surface area (Å²) < 4.78 is 0. The van der Waals surface area contributed by atoms with Crippen LogP contribution in [0.2, 0.25) is 0 Å². The van der Waals surface area contributed by atoms with E-state index in [9.17, 15) is 4.79 Å². The average Bonchev–Trinajstić information content (AvgIpc) is 2.26. The van der Waals surface area contributed by atoms with Gasteiger partial charge in [0.1, 0.15) is 0 Å². The number of anilines is 2. The lowest BCUT2D eigenvalue weighted by Gasteiger charge is -2.32. The lowest BCUT2D eigenvalue weighted by atomic mass is 9.91. The van der Waals surface area contributed by atoms with Crippen molar-refractivity contribution >= 4 is 17.3 Å². The maximum atomic E-state index is 12.1. The van der Waals surface area contributed by atoms with E-state index < -0.39 is 0 Å². The quantitative estimate of drug-likeness (QED) is 0.815. The molecule has 3 heteroatoms. The average molecular weight is 246 g/mol. The molecular weight excluding hydrogens is 224 g/mol. The zero-order valence-corrected chi connectivity index (χ0v) is 11.5. The minimum atomic E-state index is 0.233. The fourth-order valence-corrected chi connectivity index (χ4v) is 2.27. The molecule has 0 spiro atoms. The van der Waals surface area contributed by atoms with Crippen LogP contribution in [-0.2, 0) is 11.2 Å². The van der Waals surface area contributed by atoms with Crippen molar-refractivity contribution in [2.45, 2.75) is 40.0 Å². The van der Waals surface area contributed by atoms with Gasteiger partial charge in [-0.25, -0.2) is 0 Å². The van der Waals surface area contributed by atoms with Crippen molar-refractivity contribution in [3.8, 4) is 0 Å². The number of hydrogen-bond acceptors (Lipinski definition) is 2. The Morgan fingerprint density at radius 2 is 2.00 bits per heavy atom. The van der Waals surface area contributed by atoms with Crippen LogP contribution in [0.1, 0.15) is 39.2 Å². The molecule has 2 N–H and O–H groups in total. The van der Waals surface area contributed by atoms with E-state index in [1.807, 2.05) is 23.1 Å². The number of carbonyl (C=O) groups excluding carboxylic acids is 1. The first-order valence-electron chi connectivity index (χ1n) is 6.55. The maximum Gasteiger partial charge on any atom is 0.227 e. The van der Waals surface area contributed by atoms with Gasteiger partial charge in [0, 0.05) is 24.3 Å². The van der Waals surface area contributed by atoms with E-state index in [1.165, 1.54) is 5.56 Å². The van der Waals surface area contributed by atoms with E-state index in [0.29, 0.717) is 6.42 Å². The molecule has 0 aliphatic carbocycles. The fraction of sp³-hybridized carbons (Fsp3) is 0.533. The second kappa shape index (κ2) is 4.63. The standard InChI is InChI=1S/C15H22N2O/c1-15(2,3)8-9-17-13-6-5-12(16)10-11(13)4-7-14(17)18/h5-6,10H,4,7-9,16H2,1-3H3.